The van der Waals surface area contributed by atoms with Gasteiger partial charge in [-0.3, -0.25) is 9.63 Å². The van der Waals surface area contributed by atoms with Gasteiger partial charge in [0.25, 0.3) is 5.91 Å². The lowest BCUT2D eigenvalue weighted by Gasteiger charge is -2.26. The van der Waals surface area contributed by atoms with Crippen molar-refractivity contribution in [3.63, 3.8) is 0 Å². The Hall–Kier alpha value is -0.780. The predicted octanol–water partition coefficient (Wildman–Crippen LogP) is 1.49. The second-order valence-electron chi connectivity index (χ2n) is 2.83. The molecule has 1 aliphatic heterocycles. The third-order valence-corrected chi connectivity index (χ3v) is 1.63. The van der Waals surface area contributed by atoms with Gasteiger partial charge in [-0.05, 0) is 12.8 Å². The van der Waals surface area contributed by atoms with Gasteiger partial charge in [-0.25, -0.2) is 5.06 Å². The van der Waals surface area contributed by atoms with Crippen molar-refractivity contribution in [2.24, 2.45) is 0 Å². The van der Waals surface area contributed by atoms with Crippen LogP contribution in [0.2, 0.25) is 0 Å². The molecule has 76 valence electrons. The van der Waals surface area contributed by atoms with Crippen LogP contribution in [0, 0.1) is 0 Å². The first-order chi connectivity index (χ1) is 5.99. The van der Waals surface area contributed by atoms with Crippen LogP contribution >= 0.6 is 0 Å². The van der Waals surface area contributed by atoms with E-state index in [1.54, 1.807) is 0 Å². The molecule has 0 aromatic carbocycles. The zero-order valence-corrected chi connectivity index (χ0v) is 6.93. The Morgan fingerprint density at radius 1 is 1.38 bits per heavy atom. The van der Waals surface area contributed by atoms with Crippen LogP contribution in [0.15, 0.2) is 0 Å². The highest BCUT2D eigenvalue weighted by molar-refractivity contribution is 5.75. The Kier molecular flexibility index (Phi) is 3.13. The lowest BCUT2D eigenvalue weighted by atomic mass is 10.3. The van der Waals surface area contributed by atoms with Crippen LogP contribution in [0.4, 0.5) is 13.2 Å². The fraction of sp³-hybridized carbons (Fsp3) is 0.857. The van der Waals surface area contributed by atoms with Crippen molar-refractivity contribution < 1.29 is 22.8 Å². The molecule has 1 heterocycles. The van der Waals surface area contributed by atoms with Gasteiger partial charge in [0.2, 0.25) is 0 Å². The van der Waals surface area contributed by atoms with E-state index in [1.165, 1.54) is 0 Å². The number of alkyl halides is 3. The summed E-state index contributed by atoms with van der Waals surface area (Å²) in [5.41, 5.74) is 0. The second-order valence-corrected chi connectivity index (χ2v) is 2.83. The van der Waals surface area contributed by atoms with Crippen LogP contribution in [0.1, 0.15) is 19.3 Å². The topological polar surface area (TPSA) is 29.5 Å². The van der Waals surface area contributed by atoms with Gasteiger partial charge in [-0.1, -0.05) is 0 Å². The maximum Gasteiger partial charge on any atom is 0.397 e. The number of hydroxylamine groups is 2. The first-order valence-corrected chi connectivity index (χ1v) is 3.99. The van der Waals surface area contributed by atoms with E-state index in [-0.39, 0.29) is 6.54 Å². The van der Waals surface area contributed by atoms with Gasteiger partial charge in [-0.2, -0.15) is 13.2 Å². The van der Waals surface area contributed by atoms with Crippen LogP contribution in [0.3, 0.4) is 0 Å². The van der Waals surface area contributed by atoms with E-state index in [0.717, 1.165) is 11.5 Å². The van der Waals surface area contributed by atoms with Gasteiger partial charge in [0.15, 0.2) is 0 Å². The molecule has 3 nitrogen and oxygen atoms in total. The van der Waals surface area contributed by atoms with Crippen molar-refractivity contribution in [3.05, 3.63) is 0 Å². The second kappa shape index (κ2) is 3.95. The fourth-order valence-electron chi connectivity index (χ4n) is 1.05. The Labute approximate surface area is 73.4 Å². The molecule has 0 unspecified atom stereocenters. The minimum atomic E-state index is -4.45. The normalized spacial score (nSPS) is 18.8. The minimum absolute atomic E-state index is 0.259. The highest BCUT2D eigenvalue weighted by Gasteiger charge is 2.34. The lowest BCUT2D eigenvalue weighted by molar-refractivity contribution is -0.211. The average Bonchev–Trinajstić information content (AvgIpc) is 2.03. The number of carbonyl (C=O) groups excluding carboxylic acids is 1. The van der Waals surface area contributed by atoms with Crippen LogP contribution < -0.4 is 0 Å². The third-order valence-electron chi connectivity index (χ3n) is 1.63. The molecule has 0 saturated carbocycles. The molecule has 0 aliphatic carbocycles. The maximum absolute atomic E-state index is 11.8. The van der Waals surface area contributed by atoms with Gasteiger partial charge >= 0.3 is 6.18 Å². The summed E-state index contributed by atoms with van der Waals surface area (Å²) in [6.45, 7) is 0.582. The lowest BCUT2D eigenvalue weighted by Crippen LogP contribution is -2.37. The molecular formula is C7H10F3NO2. The smallest absolute Gasteiger partial charge is 0.272 e. The SMILES string of the molecule is O=C(CC(F)(F)F)N1CCCCO1. The van der Waals surface area contributed by atoms with Gasteiger partial charge < -0.3 is 0 Å². The van der Waals surface area contributed by atoms with Gasteiger partial charge in [0, 0.05) is 6.54 Å². The first-order valence-electron chi connectivity index (χ1n) is 3.99. The number of halogens is 3. The van der Waals surface area contributed by atoms with Crippen molar-refractivity contribution in [2.45, 2.75) is 25.4 Å². The molecule has 6 heteroatoms. The zero-order chi connectivity index (χ0) is 9.90. The van der Waals surface area contributed by atoms with E-state index in [1.807, 2.05) is 0 Å². The number of rotatable bonds is 1. The van der Waals surface area contributed by atoms with Crippen molar-refractivity contribution in [1.29, 1.82) is 0 Å². The van der Waals surface area contributed by atoms with E-state index in [4.69, 9.17) is 4.84 Å². The highest BCUT2D eigenvalue weighted by atomic mass is 19.4. The van der Waals surface area contributed by atoms with Crippen molar-refractivity contribution in [1.82, 2.24) is 5.06 Å². The number of carbonyl (C=O) groups is 1. The predicted molar refractivity (Wildman–Crippen MR) is 37.6 cm³/mol. The minimum Gasteiger partial charge on any atom is -0.272 e. The van der Waals surface area contributed by atoms with E-state index in [9.17, 15) is 18.0 Å². The van der Waals surface area contributed by atoms with Gasteiger partial charge in [0.05, 0.1) is 6.61 Å². The number of hydrogen-bond donors (Lipinski definition) is 0. The molecule has 0 radical (unpaired) electrons. The van der Waals surface area contributed by atoms with Gasteiger partial charge in [-0.15, -0.1) is 0 Å². The largest absolute Gasteiger partial charge is 0.397 e. The van der Waals surface area contributed by atoms with Crippen LogP contribution in [0.5, 0.6) is 0 Å². The Bertz CT molecular complexity index is 187. The molecule has 0 bridgehead atoms. The van der Waals surface area contributed by atoms with E-state index >= 15 is 0 Å². The van der Waals surface area contributed by atoms with Crippen molar-refractivity contribution >= 4 is 5.91 Å². The molecule has 1 rings (SSSR count). The van der Waals surface area contributed by atoms with E-state index in [0.29, 0.717) is 13.0 Å². The zero-order valence-electron chi connectivity index (χ0n) is 6.93. The van der Waals surface area contributed by atoms with Gasteiger partial charge in [0.1, 0.15) is 6.42 Å². The maximum atomic E-state index is 11.8. The number of hydrogen-bond acceptors (Lipinski definition) is 2. The average molecular weight is 197 g/mol. The summed E-state index contributed by atoms with van der Waals surface area (Å²) in [4.78, 5) is 15.7. The summed E-state index contributed by atoms with van der Waals surface area (Å²) in [5, 5.41) is 0.803. The fourth-order valence-corrected chi connectivity index (χ4v) is 1.05. The van der Waals surface area contributed by atoms with Crippen LogP contribution in [-0.4, -0.2) is 30.3 Å². The standard InChI is InChI=1S/C7H10F3NO2/c8-7(9,10)5-6(12)11-3-1-2-4-13-11/h1-5H2. The molecule has 1 aliphatic rings. The molecule has 0 N–H and O–H groups in total. The van der Waals surface area contributed by atoms with E-state index in [2.05, 4.69) is 0 Å². The molecule has 0 spiro atoms. The molecule has 1 saturated heterocycles. The summed E-state index contributed by atoms with van der Waals surface area (Å²) >= 11 is 0. The van der Waals surface area contributed by atoms with E-state index < -0.39 is 18.5 Å². The summed E-state index contributed by atoms with van der Waals surface area (Å²) in [7, 11) is 0. The van der Waals surface area contributed by atoms with Crippen LogP contribution in [-0.2, 0) is 9.63 Å². The number of amides is 1. The molecule has 1 amide bonds. The summed E-state index contributed by atoms with van der Waals surface area (Å²) in [6, 6.07) is 0. The van der Waals surface area contributed by atoms with Crippen molar-refractivity contribution in [3.8, 4) is 0 Å². The first kappa shape index (κ1) is 10.3. The van der Waals surface area contributed by atoms with Crippen LogP contribution in [0.25, 0.3) is 0 Å². The van der Waals surface area contributed by atoms with Crippen molar-refractivity contribution in [2.75, 3.05) is 13.2 Å². The molecule has 0 aromatic rings. The molecular weight excluding hydrogens is 187 g/mol. The molecule has 0 atom stereocenters. The summed E-state index contributed by atoms with van der Waals surface area (Å²) < 4.78 is 35.3. The summed E-state index contributed by atoms with van der Waals surface area (Å²) in [6.07, 6.45) is -4.40. The Balaban J connectivity index is 2.38. The monoisotopic (exact) mass is 197 g/mol. The molecule has 0 aromatic heterocycles. The third kappa shape index (κ3) is 3.63. The Morgan fingerprint density at radius 2 is 2.08 bits per heavy atom. The highest BCUT2D eigenvalue weighted by Crippen LogP contribution is 2.21. The summed E-state index contributed by atoms with van der Waals surface area (Å²) in [5.74, 6) is -1.01. The Morgan fingerprint density at radius 3 is 2.54 bits per heavy atom. The quantitative estimate of drug-likeness (QED) is 0.637. The number of nitrogens with zero attached hydrogens (tertiary/aromatic N) is 1. The molecule has 1 fully saturated rings. The molecule has 13 heavy (non-hydrogen) atoms.